The lowest BCUT2D eigenvalue weighted by Gasteiger charge is -2.12. The van der Waals surface area contributed by atoms with Gasteiger partial charge in [-0.3, -0.25) is 14.4 Å². The van der Waals surface area contributed by atoms with Gasteiger partial charge in [-0.1, -0.05) is 0 Å². The fraction of sp³-hybridized carbons (Fsp3) is 0.444. The Hall–Kier alpha value is -2.17. The number of amides is 3. The van der Waals surface area contributed by atoms with Crippen molar-refractivity contribution in [3.8, 4) is 5.75 Å². The van der Waals surface area contributed by atoms with Gasteiger partial charge in [-0.25, -0.2) is 4.79 Å². The van der Waals surface area contributed by atoms with Crippen LogP contribution in [0, 0.1) is 3.57 Å². The zero-order chi connectivity index (χ0) is 19.6. The molecule has 146 valence electrons. The Labute approximate surface area is 170 Å². The first-order valence-corrected chi connectivity index (χ1v) is 9.75. The van der Waals surface area contributed by atoms with Gasteiger partial charge in [0.05, 0.1) is 13.0 Å². The van der Waals surface area contributed by atoms with Gasteiger partial charge in [0.1, 0.15) is 5.75 Å². The zero-order valence-electron chi connectivity index (χ0n) is 14.7. The quantitative estimate of drug-likeness (QED) is 0.307. The number of benzene rings is 1. The molecule has 0 atom stereocenters. The molecule has 0 spiro atoms. The second kappa shape index (κ2) is 10.9. The van der Waals surface area contributed by atoms with Gasteiger partial charge in [0.15, 0.2) is 0 Å². The van der Waals surface area contributed by atoms with Crippen LogP contribution in [-0.4, -0.2) is 41.9 Å². The van der Waals surface area contributed by atoms with Gasteiger partial charge in [-0.2, -0.15) is 0 Å². The van der Waals surface area contributed by atoms with E-state index in [0.29, 0.717) is 18.2 Å². The summed E-state index contributed by atoms with van der Waals surface area (Å²) in [5, 5.41) is 3.18. The zero-order valence-corrected chi connectivity index (χ0v) is 16.9. The molecule has 1 aliphatic rings. The third-order valence-electron chi connectivity index (χ3n) is 3.73. The summed E-state index contributed by atoms with van der Waals surface area (Å²) < 4.78 is 6.73. The third-order valence-corrected chi connectivity index (χ3v) is 4.45. The Morgan fingerprint density at radius 3 is 2.37 bits per heavy atom. The average Bonchev–Trinajstić information content (AvgIpc) is 2.96. The molecule has 0 saturated carbocycles. The van der Waals surface area contributed by atoms with Gasteiger partial charge in [-0.15, -0.1) is 5.06 Å². The lowest BCUT2D eigenvalue weighted by atomic mass is 10.3. The van der Waals surface area contributed by atoms with Gasteiger partial charge >= 0.3 is 5.97 Å². The Morgan fingerprint density at radius 2 is 1.70 bits per heavy atom. The van der Waals surface area contributed by atoms with Crippen molar-refractivity contribution in [2.24, 2.45) is 0 Å². The minimum atomic E-state index is -0.778. The number of nitrogens with zero attached hydrogens (tertiary/aromatic N) is 1. The topological polar surface area (TPSA) is 102 Å². The standard InChI is InChI=1S/C18H21IN2O6/c19-13-3-5-14(6-4-13)26-12-2-1-11-20-15(22)7-10-18(25)27-21-16(23)8-9-17(21)24/h3-6H,1-2,7-12H2,(H,20,22). The molecule has 1 saturated heterocycles. The summed E-state index contributed by atoms with van der Waals surface area (Å²) in [5.74, 6) is -1.33. The van der Waals surface area contributed by atoms with E-state index in [9.17, 15) is 19.2 Å². The van der Waals surface area contributed by atoms with Gasteiger partial charge in [0, 0.05) is 29.4 Å². The SMILES string of the molecule is O=C(CCC(=O)ON1C(=O)CCC1=O)NCCCCOc1ccc(I)cc1. The molecule has 0 aromatic heterocycles. The second-order valence-electron chi connectivity index (χ2n) is 5.90. The number of hydrogen-bond donors (Lipinski definition) is 1. The summed E-state index contributed by atoms with van der Waals surface area (Å²) in [5.41, 5.74) is 0. The van der Waals surface area contributed by atoms with Crippen LogP contribution in [0.25, 0.3) is 0 Å². The van der Waals surface area contributed by atoms with Crippen LogP contribution in [0.15, 0.2) is 24.3 Å². The Balaban J connectivity index is 1.50. The lowest BCUT2D eigenvalue weighted by Crippen LogP contribution is -2.32. The molecule has 0 radical (unpaired) electrons. The largest absolute Gasteiger partial charge is 0.494 e. The van der Waals surface area contributed by atoms with Crippen molar-refractivity contribution in [2.45, 2.75) is 38.5 Å². The summed E-state index contributed by atoms with van der Waals surface area (Å²) in [6.07, 6.45) is 1.36. The monoisotopic (exact) mass is 488 g/mol. The number of nitrogens with one attached hydrogen (secondary N) is 1. The van der Waals surface area contributed by atoms with Crippen molar-refractivity contribution in [3.05, 3.63) is 27.8 Å². The molecule has 1 fully saturated rings. The molecule has 1 heterocycles. The number of halogens is 1. The van der Waals surface area contributed by atoms with E-state index in [1.165, 1.54) is 0 Å². The Bertz CT molecular complexity index is 676. The Morgan fingerprint density at radius 1 is 1.04 bits per heavy atom. The molecular weight excluding hydrogens is 467 g/mol. The summed E-state index contributed by atoms with van der Waals surface area (Å²) in [6.45, 7) is 1.04. The smallest absolute Gasteiger partial charge is 0.333 e. The predicted octanol–water partition coefficient (Wildman–Crippen LogP) is 1.95. The van der Waals surface area contributed by atoms with Gasteiger partial charge in [0.25, 0.3) is 11.8 Å². The molecule has 0 bridgehead atoms. The van der Waals surface area contributed by atoms with E-state index in [0.717, 1.165) is 22.2 Å². The molecule has 2 rings (SSSR count). The number of hydrogen-bond acceptors (Lipinski definition) is 6. The van der Waals surface area contributed by atoms with E-state index in [1.54, 1.807) is 0 Å². The van der Waals surface area contributed by atoms with E-state index in [4.69, 9.17) is 9.57 Å². The van der Waals surface area contributed by atoms with Crippen molar-refractivity contribution in [1.82, 2.24) is 10.4 Å². The lowest BCUT2D eigenvalue weighted by molar-refractivity contribution is -0.197. The summed E-state index contributed by atoms with van der Waals surface area (Å²) in [6, 6.07) is 7.76. The van der Waals surface area contributed by atoms with Crippen molar-refractivity contribution < 1.29 is 28.8 Å². The molecule has 27 heavy (non-hydrogen) atoms. The first kappa shape index (κ1) is 21.1. The molecule has 0 aliphatic carbocycles. The molecule has 8 nitrogen and oxygen atoms in total. The van der Waals surface area contributed by atoms with Gasteiger partial charge < -0.3 is 14.9 Å². The van der Waals surface area contributed by atoms with Crippen molar-refractivity contribution >= 4 is 46.3 Å². The normalized spacial score (nSPS) is 13.6. The van der Waals surface area contributed by atoms with E-state index >= 15 is 0 Å². The Kier molecular flexibility index (Phi) is 8.49. The third kappa shape index (κ3) is 7.53. The van der Waals surface area contributed by atoms with Crippen LogP contribution in [0.2, 0.25) is 0 Å². The number of rotatable bonds is 10. The van der Waals surface area contributed by atoms with E-state index in [1.807, 2.05) is 24.3 Å². The number of hydroxylamine groups is 2. The molecule has 0 unspecified atom stereocenters. The predicted molar refractivity (Wildman–Crippen MR) is 103 cm³/mol. The number of carbonyl (C=O) groups is 4. The van der Waals surface area contributed by atoms with Crippen LogP contribution < -0.4 is 10.1 Å². The van der Waals surface area contributed by atoms with Crippen LogP contribution in [0.4, 0.5) is 0 Å². The van der Waals surface area contributed by atoms with Crippen molar-refractivity contribution in [1.29, 1.82) is 0 Å². The molecule has 1 aliphatic heterocycles. The van der Waals surface area contributed by atoms with Gasteiger partial charge in [-0.05, 0) is 59.7 Å². The van der Waals surface area contributed by atoms with E-state index in [-0.39, 0.29) is 31.6 Å². The molecule has 1 aromatic carbocycles. The van der Waals surface area contributed by atoms with Crippen molar-refractivity contribution in [3.63, 3.8) is 0 Å². The molecule has 9 heteroatoms. The maximum absolute atomic E-state index is 11.7. The first-order valence-electron chi connectivity index (χ1n) is 8.67. The summed E-state index contributed by atoms with van der Waals surface area (Å²) in [7, 11) is 0. The fourth-order valence-corrected chi connectivity index (χ4v) is 2.64. The van der Waals surface area contributed by atoms with Crippen LogP contribution >= 0.6 is 22.6 Å². The van der Waals surface area contributed by atoms with Gasteiger partial charge in [0.2, 0.25) is 5.91 Å². The number of imide groups is 1. The molecular formula is C18H21IN2O6. The molecule has 1 N–H and O–H groups in total. The molecule has 1 aromatic rings. The number of ether oxygens (including phenoxy) is 1. The summed E-state index contributed by atoms with van der Waals surface area (Å²) >= 11 is 2.23. The minimum Gasteiger partial charge on any atom is -0.494 e. The highest BCUT2D eigenvalue weighted by molar-refractivity contribution is 14.1. The van der Waals surface area contributed by atoms with E-state index in [2.05, 4.69) is 27.9 Å². The summed E-state index contributed by atoms with van der Waals surface area (Å²) in [4.78, 5) is 50.7. The van der Waals surface area contributed by atoms with Crippen LogP contribution in [0.1, 0.15) is 38.5 Å². The molecule has 3 amide bonds. The van der Waals surface area contributed by atoms with Crippen LogP contribution in [0.3, 0.4) is 0 Å². The van der Waals surface area contributed by atoms with Crippen molar-refractivity contribution in [2.75, 3.05) is 13.2 Å². The fourth-order valence-electron chi connectivity index (χ4n) is 2.29. The highest BCUT2D eigenvalue weighted by Gasteiger charge is 2.32. The van der Waals surface area contributed by atoms with E-state index < -0.39 is 17.8 Å². The van der Waals surface area contributed by atoms with Crippen LogP contribution in [0.5, 0.6) is 5.75 Å². The highest BCUT2D eigenvalue weighted by Crippen LogP contribution is 2.14. The maximum atomic E-state index is 11.7. The average molecular weight is 488 g/mol. The number of carbonyl (C=O) groups excluding carboxylic acids is 4. The first-order chi connectivity index (χ1) is 13.0. The number of unbranched alkanes of at least 4 members (excludes halogenated alkanes) is 1. The minimum absolute atomic E-state index is 0.0416. The second-order valence-corrected chi connectivity index (χ2v) is 7.15. The maximum Gasteiger partial charge on any atom is 0.333 e. The van der Waals surface area contributed by atoms with Crippen LogP contribution in [-0.2, 0) is 24.0 Å². The highest BCUT2D eigenvalue weighted by atomic mass is 127.